The first kappa shape index (κ1) is 17.9. The number of nitrogens with zero attached hydrogens (tertiary/aromatic N) is 1. The van der Waals surface area contributed by atoms with Crippen molar-refractivity contribution < 1.29 is 19.1 Å². The van der Waals surface area contributed by atoms with Crippen molar-refractivity contribution in [3.05, 3.63) is 24.3 Å². The lowest BCUT2D eigenvalue weighted by atomic mass is 10.3. The molecule has 1 aliphatic heterocycles. The molecule has 24 heavy (non-hydrogen) atoms. The molecule has 1 aliphatic rings. The lowest BCUT2D eigenvalue weighted by Crippen LogP contribution is -2.39. The predicted octanol–water partition coefficient (Wildman–Crippen LogP) is 1.73. The molecule has 7 nitrogen and oxygen atoms in total. The smallest absolute Gasteiger partial charge is 0.317 e. The van der Waals surface area contributed by atoms with Gasteiger partial charge in [-0.15, -0.1) is 0 Å². The minimum Gasteiger partial charge on any atom is -0.490 e. The molecule has 2 rings (SSSR count). The van der Waals surface area contributed by atoms with E-state index in [4.69, 9.17) is 9.47 Å². The Morgan fingerprint density at radius 2 is 1.96 bits per heavy atom. The third-order valence-electron chi connectivity index (χ3n) is 3.67. The quantitative estimate of drug-likeness (QED) is 0.532. The summed E-state index contributed by atoms with van der Waals surface area (Å²) in [5.41, 5.74) is 0. The fraction of sp³-hybridized carbons (Fsp3) is 0.529. The molecule has 0 bridgehead atoms. The van der Waals surface area contributed by atoms with Gasteiger partial charge >= 0.3 is 6.03 Å². The van der Waals surface area contributed by atoms with Gasteiger partial charge in [0.2, 0.25) is 5.91 Å². The Labute approximate surface area is 142 Å². The van der Waals surface area contributed by atoms with Crippen LogP contribution in [0.4, 0.5) is 4.79 Å². The molecule has 1 aromatic rings. The van der Waals surface area contributed by atoms with Crippen molar-refractivity contribution in [2.24, 2.45) is 0 Å². The van der Waals surface area contributed by atoms with Crippen molar-refractivity contribution in [2.45, 2.75) is 26.2 Å². The van der Waals surface area contributed by atoms with E-state index >= 15 is 0 Å². The summed E-state index contributed by atoms with van der Waals surface area (Å²) >= 11 is 0. The van der Waals surface area contributed by atoms with Crippen LogP contribution >= 0.6 is 0 Å². The summed E-state index contributed by atoms with van der Waals surface area (Å²) in [5.74, 6) is 1.45. The number of hydrogen-bond donors (Lipinski definition) is 2. The lowest BCUT2D eigenvalue weighted by Gasteiger charge is -2.15. The molecule has 3 amide bonds. The van der Waals surface area contributed by atoms with Gasteiger partial charge in [-0.3, -0.25) is 4.79 Å². The molecule has 0 spiro atoms. The van der Waals surface area contributed by atoms with Crippen molar-refractivity contribution in [3.63, 3.8) is 0 Å². The molecule has 0 atom stereocenters. The van der Waals surface area contributed by atoms with Crippen LogP contribution in [0.1, 0.15) is 26.2 Å². The second-order valence-corrected chi connectivity index (χ2v) is 5.44. The van der Waals surface area contributed by atoms with E-state index in [1.54, 1.807) is 6.07 Å². The topological polar surface area (TPSA) is 79.9 Å². The van der Waals surface area contributed by atoms with Crippen LogP contribution in [0.3, 0.4) is 0 Å². The van der Waals surface area contributed by atoms with Crippen LogP contribution in [-0.4, -0.2) is 49.8 Å². The van der Waals surface area contributed by atoms with E-state index < -0.39 is 0 Å². The van der Waals surface area contributed by atoms with Crippen LogP contribution < -0.4 is 20.1 Å². The van der Waals surface area contributed by atoms with Crippen LogP contribution in [0.2, 0.25) is 0 Å². The normalized spacial score (nSPS) is 13.7. The number of carbonyl (C=O) groups excluding carboxylic acids is 2. The molecule has 0 unspecified atom stereocenters. The predicted molar refractivity (Wildman–Crippen MR) is 90.1 cm³/mol. The number of ether oxygens (including phenoxy) is 2. The largest absolute Gasteiger partial charge is 0.490 e. The van der Waals surface area contributed by atoms with Gasteiger partial charge in [0.25, 0.3) is 0 Å². The Balaban J connectivity index is 1.59. The fourth-order valence-corrected chi connectivity index (χ4v) is 2.50. The van der Waals surface area contributed by atoms with Gasteiger partial charge in [-0.25, -0.2) is 4.79 Å². The Bertz CT molecular complexity index is 550. The summed E-state index contributed by atoms with van der Waals surface area (Å²) in [7, 11) is 0. The minimum absolute atomic E-state index is 0.0561. The van der Waals surface area contributed by atoms with Crippen LogP contribution in [0.15, 0.2) is 24.3 Å². The highest BCUT2D eigenvalue weighted by Gasteiger charge is 2.18. The molecular weight excluding hydrogens is 310 g/mol. The molecule has 0 saturated carbocycles. The summed E-state index contributed by atoms with van der Waals surface area (Å²) in [6.07, 6.45) is 2.33. The number of carbonyl (C=O) groups is 2. The average Bonchev–Trinajstić information content (AvgIpc) is 2.98. The van der Waals surface area contributed by atoms with Gasteiger partial charge in [0, 0.05) is 26.1 Å². The third kappa shape index (κ3) is 5.64. The number of rotatable bonds is 9. The van der Waals surface area contributed by atoms with E-state index in [9.17, 15) is 9.59 Å². The monoisotopic (exact) mass is 335 g/mol. The minimum atomic E-state index is -0.295. The maximum absolute atomic E-state index is 11.7. The zero-order valence-corrected chi connectivity index (χ0v) is 14.0. The highest BCUT2D eigenvalue weighted by Crippen LogP contribution is 2.25. The standard InChI is InChI=1S/C17H25N3O4/c1-2-23-14-7-3-4-8-15(14)24-13-19-17(22)18-10-6-12-20-11-5-9-16(20)21/h3-4,7-8H,2,5-6,9-13H2,1H3,(H2,18,19,22). The summed E-state index contributed by atoms with van der Waals surface area (Å²) in [5, 5.41) is 5.38. The molecule has 132 valence electrons. The van der Waals surface area contributed by atoms with E-state index in [0.29, 0.717) is 37.6 Å². The van der Waals surface area contributed by atoms with E-state index in [0.717, 1.165) is 19.4 Å². The van der Waals surface area contributed by atoms with Crippen LogP contribution in [0.25, 0.3) is 0 Å². The molecular formula is C17H25N3O4. The zero-order valence-electron chi connectivity index (χ0n) is 14.0. The fourth-order valence-electron chi connectivity index (χ4n) is 2.50. The van der Waals surface area contributed by atoms with Crippen molar-refractivity contribution in [3.8, 4) is 11.5 Å². The Hall–Kier alpha value is -2.44. The Kier molecular flexibility index (Phi) is 7.20. The number of likely N-dealkylation sites (tertiary alicyclic amines) is 1. The van der Waals surface area contributed by atoms with Gasteiger partial charge in [0.1, 0.15) is 0 Å². The average molecular weight is 335 g/mol. The second-order valence-electron chi connectivity index (χ2n) is 5.44. The van der Waals surface area contributed by atoms with Gasteiger partial charge < -0.3 is 25.0 Å². The number of amides is 3. The molecule has 0 radical (unpaired) electrons. The molecule has 1 aromatic carbocycles. The second kappa shape index (κ2) is 9.64. The Morgan fingerprint density at radius 3 is 2.62 bits per heavy atom. The number of nitrogens with one attached hydrogen (secondary N) is 2. The van der Waals surface area contributed by atoms with Gasteiger partial charge in [-0.05, 0) is 31.9 Å². The van der Waals surface area contributed by atoms with Crippen LogP contribution in [0.5, 0.6) is 11.5 Å². The van der Waals surface area contributed by atoms with E-state index in [-0.39, 0.29) is 18.7 Å². The molecule has 1 saturated heterocycles. The third-order valence-corrected chi connectivity index (χ3v) is 3.67. The molecule has 0 aliphatic carbocycles. The number of hydrogen-bond acceptors (Lipinski definition) is 4. The van der Waals surface area contributed by atoms with Crippen molar-refractivity contribution in [2.75, 3.05) is 33.0 Å². The first-order chi connectivity index (χ1) is 11.7. The van der Waals surface area contributed by atoms with Crippen molar-refractivity contribution >= 4 is 11.9 Å². The summed E-state index contributed by atoms with van der Waals surface area (Å²) in [6, 6.07) is 7.02. The SMILES string of the molecule is CCOc1ccccc1OCNC(=O)NCCCN1CCCC1=O. The number of para-hydroxylation sites is 2. The maximum Gasteiger partial charge on any atom is 0.317 e. The van der Waals surface area contributed by atoms with Crippen LogP contribution in [0, 0.1) is 0 Å². The van der Waals surface area contributed by atoms with Crippen LogP contribution in [-0.2, 0) is 4.79 Å². The molecule has 0 aromatic heterocycles. The summed E-state index contributed by atoms with van der Waals surface area (Å²) in [4.78, 5) is 25.0. The summed E-state index contributed by atoms with van der Waals surface area (Å²) in [6.45, 7) is 4.55. The number of benzene rings is 1. The molecule has 1 heterocycles. The highest BCUT2D eigenvalue weighted by atomic mass is 16.5. The lowest BCUT2D eigenvalue weighted by molar-refractivity contribution is -0.127. The highest BCUT2D eigenvalue weighted by molar-refractivity contribution is 5.78. The number of urea groups is 1. The first-order valence-corrected chi connectivity index (χ1v) is 8.35. The summed E-state index contributed by atoms with van der Waals surface area (Å²) < 4.78 is 11.0. The molecule has 2 N–H and O–H groups in total. The van der Waals surface area contributed by atoms with Crippen molar-refractivity contribution in [1.82, 2.24) is 15.5 Å². The van der Waals surface area contributed by atoms with Gasteiger partial charge in [-0.2, -0.15) is 0 Å². The van der Waals surface area contributed by atoms with E-state index in [1.807, 2.05) is 30.0 Å². The van der Waals surface area contributed by atoms with E-state index in [1.165, 1.54) is 0 Å². The van der Waals surface area contributed by atoms with Gasteiger partial charge in [-0.1, -0.05) is 12.1 Å². The van der Waals surface area contributed by atoms with Crippen molar-refractivity contribution in [1.29, 1.82) is 0 Å². The van der Waals surface area contributed by atoms with Gasteiger partial charge in [0.15, 0.2) is 18.2 Å². The Morgan fingerprint density at radius 1 is 1.21 bits per heavy atom. The molecule has 7 heteroatoms. The first-order valence-electron chi connectivity index (χ1n) is 8.35. The maximum atomic E-state index is 11.7. The van der Waals surface area contributed by atoms with Gasteiger partial charge in [0.05, 0.1) is 6.61 Å². The zero-order chi connectivity index (χ0) is 17.2. The molecule has 1 fully saturated rings. The van der Waals surface area contributed by atoms with E-state index in [2.05, 4.69) is 10.6 Å².